The van der Waals surface area contributed by atoms with Gasteiger partial charge in [0.2, 0.25) is 5.91 Å². The number of urea groups is 1. The molecule has 8 nitrogen and oxygen atoms in total. The van der Waals surface area contributed by atoms with Crippen molar-refractivity contribution in [2.24, 2.45) is 5.92 Å². The molecule has 0 radical (unpaired) electrons. The minimum Gasteiger partial charge on any atom is -0.326 e. The number of aromatic nitrogens is 2. The highest BCUT2D eigenvalue weighted by atomic mass is 16.2. The number of rotatable bonds is 5. The number of carbonyl (C=O) groups excluding carboxylic acids is 3. The SMILES string of the molecule is Cc1n[nH]c(C)c1NC(=O)CN1C(=O)N[C@H](CC(C)C)C1=O. The topological polar surface area (TPSA) is 107 Å². The first-order valence-corrected chi connectivity index (χ1v) is 7.23. The van der Waals surface area contributed by atoms with Gasteiger partial charge in [0.1, 0.15) is 12.6 Å². The molecule has 1 aromatic heterocycles. The maximum absolute atomic E-state index is 12.2. The van der Waals surface area contributed by atoms with Crippen LogP contribution in [0, 0.1) is 19.8 Å². The van der Waals surface area contributed by atoms with E-state index in [2.05, 4.69) is 20.8 Å². The molecule has 22 heavy (non-hydrogen) atoms. The number of imide groups is 1. The van der Waals surface area contributed by atoms with Crippen LogP contribution >= 0.6 is 0 Å². The van der Waals surface area contributed by atoms with E-state index >= 15 is 0 Å². The number of nitrogens with one attached hydrogen (secondary N) is 3. The summed E-state index contributed by atoms with van der Waals surface area (Å²) in [5.41, 5.74) is 1.96. The first kappa shape index (κ1) is 16.0. The van der Waals surface area contributed by atoms with E-state index in [4.69, 9.17) is 0 Å². The Bertz CT molecular complexity index is 588. The zero-order valence-corrected chi connectivity index (χ0v) is 13.2. The van der Waals surface area contributed by atoms with Gasteiger partial charge < -0.3 is 10.6 Å². The second-order valence-corrected chi connectivity index (χ2v) is 5.91. The van der Waals surface area contributed by atoms with Crippen LogP contribution in [0.3, 0.4) is 0 Å². The first-order chi connectivity index (χ1) is 10.3. The van der Waals surface area contributed by atoms with E-state index in [9.17, 15) is 14.4 Å². The van der Waals surface area contributed by atoms with Crippen LogP contribution in [0.15, 0.2) is 0 Å². The number of hydrogen-bond acceptors (Lipinski definition) is 4. The lowest BCUT2D eigenvalue weighted by atomic mass is 10.0. The molecule has 2 rings (SSSR count). The highest BCUT2D eigenvalue weighted by molar-refractivity contribution is 6.08. The molecule has 1 fully saturated rings. The number of amides is 4. The molecule has 3 N–H and O–H groups in total. The van der Waals surface area contributed by atoms with Crippen molar-refractivity contribution in [3.63, 3.8) is 0 Å². The molecular formula is C14H21N5O3. The maximum atomic E-state index is 12.2. The Labute approximate surface area is 128 Å². The zero-order valence-electron chi connectivity index (χ0n) is 13.2. The van der Waals surface area contributed by atoms with Gasteiger partial charge in [0.25, 0.3) is 5.91 Å². The third-order valence-electron chi connectivity index (χ3n) is 3.51. The Morgan fingerprint density at radius 2 is 2.05 bits per heavy atom. The summed E-state index contributed by atoms with van der Waals surface area (Å²) in [5, 5.41) is 12.0. The quantitative estimate of drug-likeness (QED) is 0.703. The van der Waals surface area contributed by atoms with E-state index in [1.807, 2.05) is 13.8 Å². The molecule has 4 amide bonds. The predicted octanol–water partition coefficient (Wildman–Crippen LogP) is 0.932. The number of carbonyl (C=O) groups is 3. The van der Waals surface area contributed by atoms with Crippen molar-refractivity contribution in [1.29, 1.82) is 0 Å². The first-order valence-electron chi connectivity index (χ1n) is 7.23. The highest BCUT2D eigenvalue weighted by Gasteiger charge is 2.39. The average molecular weight is 307 g/mol. The summed E-state index contributed by atoms with van der Waals surface area (Å²) in [7, 11) is 0. The normalized spacial score (nSPS) is 18.0. The molecule has 0 bridgehead atoms. The maximum Gasteiger partial charge on any atom is 0.325 e. The van der Waals surface area contributed by atoms with Crippen LogP contribution in [-0.2, 0) is 9.59 Å². The molecule has 1 aliphatic heterocycles. The molecule has 8 heteroatoms. The molecule has 0 unspecified atom stereocenters. The Hall–Kier alpha value is -2.38. The van der Waals surface area contributed by atoms with E-state index in [0.29, 0.717) is 17.8 Å². The van der Waals surface area contributed by atoms with Crippen LogP contribution < -0.4 is 10.6 Å². The number of hydrogen-bond donors (Lipinski definition) is 3. The van der Waals surface area contributed by atoms with Crippen molar-refractivity contribution in [1.82, 2.24) is 20.4 Å². The van der Waals surface area contributed by atoms with Gasteiger partial charge in [-0.2, -0.15) is 5.10 Å². The standard InChI is InChI=1S/C14H21N5O3/c1-7(2)5-10-13(21)19(14(22)15-10)6-11(20)16-12-8(3)17-18-9(12)4/h7,10H,5-6H2,1-4H3,(H,15,22)(H,16,20)(H,17,18)/t10-/m1/s1. The summed E-state index contributed by atoms with van der Waals surface area (Å²) in [4.78, 5) is 37.0. The van der Waals surface area contributed by atoms with Gasteiger partial charge in [-0.3, -0.25) is 19.6 Å². The molecule has 120 valence electrons. The Morgan fingerprint density at radius 1 is 1.36 bits per heavy atom. The van der Waals surface area contributed by atoms with E-state index < -0.39 is 18.0 Å². The molecule has 1 saturated heterocycles. The van der Waals surface area contributed by atoms with Crippen molar-refractivity contribution >= 4 is 23.5 Å². The van der Waals surface area contributed by atoms with Crippen LogP contribution in [0.5, 0.6) is 0 Å². The van der Waals surface area contributed by atoms with Gasteiger partial charge >= 0.3 is 6.03 Å². The van der Waals surface area contributed by atoms with Gasteiger partial charge in [-0.15, -0.1) is 0 Å². The van der Waals surface area contributed by atoms with Gasteiger partial charge in [-0.05, 0) is 26.2 Å². The lowest BCUT2D eigenvalue weighted by molar-refractivity contribution is -0.131. The largest absolute Gasteiger partial charge is 0.326 e. The number of aromatic amines is 1. The highest BCUT2D eigenvalue weighted by Crippen LogP contribution is 2.17. The van der Waals surface area contributed by atoms with Gasteiger partial charge in [0, 0.05) is 0 Å². The molecule has 0 saturated carbocycles. The van der Waals surface area contributed by atoms with Crippen molar-refractivity contribution in [2.45, 2.75) is 40.2 Å². The Morgan fingerprint density at radius 3 is 2.59 bits per heavy atom. The summed E-state index contributed by atoms with van der Waals surface area (Å²) in [6.07, 6.45) is 0.558. The van der Waals surface area contributed by atoms with Crippen molar-refractivity contribution < 1.29 is 14.4 Å². The van der Waals surface area contributed by atoms with Gasteiger partial charge in [-0.1, -0.05) is 13.8 Å². The lowest BCUT2D eigenvalue weighted by Gasteiger charge is -2.13. The zero-order chi connectivity index (χ0) is 16.4. The average Bonchev–Trinajstić information content (AvgIpc) is 2.86. The molecule has 2 heterocycles. The molecule has 1 atom stereocenters. The summed E-state index contributed by atoms with van der Waals surface area (Å²) in [5.74, 6) is -0.505. The van der Waals surface area contributed by atoms with Crippen LogP contribution in [0.4, 0.5) is 10.5 Å². The fourth-order valence-corrected chi connectivity index (χ4v) is 2.42. The molecule has 0 aliphatic carbocycles. The number of H-pyrrole nitrogens is 1. The fraction of sp³-hybridized carbons (Fsp3) is 0.571. The van der Waals surface area contributed by atoms with Crippen LogP contribution in [0.1, 0.15) is 31.7 Å². The summed E-state index contributed by atoms with van der Waals surface area (Å²) in [6.45, 7) is 7.18. The van der Waals surface area contributed by atoms with Gasteiger partial charge in [0.15, 0.2) is 0 Å². The molecular weight excluding hydrogens is 286 g/mol. The Balaban J connectivity index is 2.00. The van der Waals surface area contributed by atoms with Crippen LogP contribution in [0.2, 0.25) is 0 Å². The second kappa shape index (κ2) is 6.17. The second-order valence-electron chi connectivity index (χ2n) is 5.91. The van der Waals surface area contributed by atoms with E-state index in [-0.39, 0.29) is 18.4 Å². The van der Waals surface area contributed by atoms with Gasteiger partial charge in [0.05, 0.1) is 17.1 Å². The predicted molar refractivity (Wildman–Crippen MR) is 80.2 cm³/mol. The van der Waals surface area contributed by atoms with Crippen molar-refractivity contribution in [2.75, 3.05) is 11.9 Å². The van der Waals surface area contributed by atoms with E-state index in [1.165, 1.54) is 0 Å². The third-order valence-corrected chi connectivity index (χ3v) is 3.51. The summed E-state index contributed by atoms with van der Waals surface area (Å²) >= 11 is 0. The third kappa shape index (κ3) is 3.26. The number of aryl methyl sites for hydroxylation is 2. The Kier molecular flexibility index (Phi) is 4.48. The molecule has 0 spiro atoms. The monoisotopic (exact) mass is 307 g/mol. The van der Waals surface area contributed by atoms with Gasteiger partial charge in [-0.25, -0.2) is 4.79 Å². The molecule has 1 aliphatic rings. The summed E-state index contributed by atoms with van der Waals surface area (Å²) < 4.78 is 0. The van der Waals surface area contributed by atoms with E-state index in [0.717, 1.165) is 10.6 Å². The molecule has 1 aromatic rings. The fourth-order valence-electron chi connectivity index (χ4n) is 2.42. The summed E-state index contributed by atoms with van der Waals surface area (Å²) in [6, 6.07) is -1.07. The van der Waals surface area contributed by atoms with Crippen molar-refractivity contribution in [3.05, 3.63) is 11.4 Å². The van der Waals surface area contributed by atoms with Crippen LogP contribution in [-0.4, -0.2) is 45.5 Å². The van der Waals surface area contributed by atoms with Crippen molar-refractivity contribution in [3.8, 4) is 0 Å². The number of nitrogens with zero attached hydrogens (tertiary/aromatic N) is 2. The van der Waals surface area contributed by atoms with E-state index in [1.54, 1.807) is 13.8 Å². The minimum absolute atomic E-state index is 0.277. The smallest absolute Gasteiger partial charge is 0.325 e. The van der Waals surface area contributed by atoms with Crippen LogP contribution in [0.25, 0.3) is 0 Å². The minimum atomic E-state index is -0.544. The number of anilines is 1. The lowest BCUT2D eigenvalue weighted by Crippen LogP contribution is -2.38. The molecule has 0 aromatic carbocycles.